The molecular formula is C19H18Cl2N4. The summed E-state index contributed by atoms with van der Waals surface area (Å²) < 4.78 is 0. The number of aryl methyl sites for hydroxylation is 1. The second-order valence-electron chi connectivity index (χ2n) is 5.76. The number of hydrogen-bond acceptors (Lipinski definition) is 4. The number of anilines is 4. The minimum Gasteiger partial charge on any atom is -0.326 e. The van der Waals surface area contributed by atoms with Crippen LogP contribution in [0.4, 0.5) is 23.1 Å². The Morgan fingerprint density at radius 2 is 1.92 bits per heavy atom. The Morgan fingerprint density at radius 3 is 2.80 bits per heavy atom. The van der Waals surface area contributed by atoms with E-state index in [9.17, 15) is 0 Å². The number of halogens is 2. The van der Waals surface area contributed by atoms with Crippen molar-refractivity contribution in [1.29, 1.82) is 0 Å². The molecule has 4 rings (SSSR count). The summed E-state index contributed by atoms with van der Waals surface area (Å²) in [5.74, 6) is 1.47. The first-order valence-corrected chi connectivity index (χ1v) is 8.38. The highest BCUT2D eigenvalue weighted by atomic mass is 35.5. The number of hydrogen-bond donors (Lipinski definition) is 1. The van der Waals surface area contributed by atoms with E-state index >= 15 is 0 Å². The summed E-state index contributed by atoms with van der Waals surface area (Å²) in [6.07, 6.45) is 4.02. The molecule has 1 aliphatic rings. The third-order valence-corrected chi connectivity index (χ3v) is 4.34. The van der Waals surface area contributed by atoms with Gasteiger partial charge in [0.15, 0.2) is 0 Å². The molecule has 3 aromatic rings. The first kappa shape index (κ1) is 17.5. The smallest absolute Gasteiger partial charge is 0.229 e. The molecule has 1 aliphatic heterocycles. The molecule has 0 radical (unpaired) electrons. The SMILES string of the molecule is Cl.Clc1cccc(Nc2nccc(N3CCCc4ccccc43)n2)c1. The molecule has 0 amide bonds. The Hall–Kier alpha value is -2.30. The fourth-order valence-electron chi connectivity index (χ4n) is 3.03. The van der Waals surface area contributed by atoms with Crippen molar-refractivity contribution in [3.63, 3.8) is 0 Å². The van der Waals surface area contributed by atoms with Gasteiger partial charge in [0.1, 0.15) is 5.82 Å². The van der Waals surface area contributed by atoms with Crippen LogP contribution < -0.4 is 10.2 Å². The van der Waals surface area contributed by atoms with E-state index in [1.54, 1.807) is 6.20 Å². The van der Waals surface area contributed by atoms with E-state index in [-0.39, 0.29) is 12.4 Å². The Balaban J connectivity index is 0.00000182. The molecular weight excluding hydrogens is 355 g/mol. The van der Waals surface area contributed by atoms with Crippen LogP contribution in [0.25, 0.3) is 0 Å². The van der Waals surface area contributed by atoms with Crippen LogP contribution in [0.1, 0.15) is 12.0 Å². The van der Waals surface area contributed by atoms with Crippen molar-refractivity contribution in [2.45, 2.75) is 12.8 Å². The van der Waals surface area contributed by atoms with E-state index in [4.69, 9.17) is 11.6 Å². The van der Waals surface area contributed by atoms with Gasteiger partial charge in [0.05, 0.1) is 0 Å². The highest BCUT2D eigenvalue weighted by molar-refractivity contribution is 6.30. The zero-order valence-electron chi connectivity index (χ0n) is 13.5. The predicted molar refractivity (Wildman–Crippen MR) is 106 cm³/mol. The second-order valence-corrected chi connectivity index (χ2v) is 6.19. The van der Waals surface area contributed by atoms with Crippen LogP contribution in [0.3, 0.4) is 0 Å². The maximum absolute atomic E-state index is 6.03. The number of nitrogens with one attached hydrogen (secondary N) is 1. The van der Waals surface area contributed by atoms with Gasteiger partial charge >= 0.3 is 0 Å². The summed E-state index contributed by atoms with van der Waals surface area (Å²) in [5, 5.41) is 3.90. The summed E-state index contributed by atoms with van der Waals surface area (Å²) >= 11 is 6.03. The van der Waals surface area contributed by atoms with Crippen LogP contribution in [0, 0.1) is 0 Å². The fraction of sp³-hybridized carbons (Fsp3) is 0.158. The van der Waals surface area contributed by atoms with Gasteiger partial charge in [-0.2, -0.15) is 4.98 Å². The van der Waals surface area contributed by atoms with Crippen molar-refractivity contribution in [2.24, 2.45) is 0 Å². The lowest BCUT2D eigenvalue weighted by molar-refractivity contribution is 0.759. The Labute approximate surface area is 158 Å². The van der Waals surface area contributed by atoms with Crippen molar-refractivity contribution < 1.29 is 0 Å². The van der Waals surface area contributed by atoms with E-state index in [1.165, 1.54) is 11.3 Å². The average Bonchev–Trinajstić information content (AvgIpc) is 2.61. The highest BCUT2D eigenvalue weighted by Gasteiger charge is 2.19. The molecule has 0 atom stereocenters. The topological polar surface area (TPSA) is 41.1 Å². The van der Waals surface area contributed by atoms with Crippen molar-refractivity contribution in [2.75, 3.05) is 16.8 Å². The Morgan fingerprint density at radius 1 is 1.04 bits per heavy atom. The third-order valence-electron chi connectivity index (χ3n) is 4.11. The fourth-order valence-corrected chi connectivity index (χ4v) is 3.22. The average molecular weight is 373 g/mol. The van der Waals surface area contributed by atoms with Crippen molar-refractivity contribution in [3.8, 4) is 0 Å². The molecule has 0 bridgehead atoms. The van der Waals surface area contributed by atoms with Crippen LogP contribution in [0.2, 0.25) is 5.02 Å². The molecule has 0 spiro atoms. The minimum absolute atomic E-state index is 0. The quantitative estimate of drug-likeness (QED) is 0.669. The largest absolute Gasteiger partial charge is 0.326 e. The lowest BCUT2D eigenvalue weighted by Crippen LogP contribution is -2.25. The Bertz CT molecular complexity index is 869. The maximum atomic E-state index is 6.03. The van der Waals surface area contributed by atoms with Crippen LogP contribution in [-0.4, -0.2) is 16.5 Å². The molecule has 4 nitrogen and oxygen atoms in total. The summed E-state index contributed by atoms with van der Waals surface area (Å²) in [4.78, 5) is 11.3. The van der Waals surface area contributed by atoms with Gasteiger partial charge in [-0.15, -0.1) is 12.4 Å². The maximum Gasteiger partial charge on any atom is 0.229 e. The minimum atomic E-state index is 0. The summed E-state index contributed by atoms with van der Waals surface area (Å²) in [6, 6.07) is 18.0. The number of benzene rings is 2. The summed E-state index contributed by atoms with van der Waals surface area (Å²) in [7, 11) is 0. The second kappa shape index (κ2) is 7.72. The van der Waals surface area contributed by atoms with Crippen LogP contribution in [0.5, 0.6) is 0 Å². The molecule has 0 aliphatic carbocycles. The van der Waals surface area contributed by atoms with Crippen LogP contribution >= 0.6 is 24.0 Å². The molecule has 0 fully saturated rings. The van der Waals surface area contributed by atoms with Gasteiger partial charge < -0.3 is 10.2 Å². The van der Waals surface area contributed by atoms with Crippen LogP contribution in [-0.2, 0) is 6.42 Å². The van der Waals surface area contributed by atoms with Gasteiger partial charge in [-0.25, -0.2) is 4.98 Å². The lowest BCUT2D eigenvalue weighted by Gasteiger charge is -2.30. The zero-order chi connectivity index (χ0) is 16.4. The lowest BCUT2D eigenvalue weighted by atomic mass is 10.0. The number of rotatable bonds is 3. The number of para-hydroxylation sites is 1. The molecule has 6 heteroatoms. The predicted octanol–water partition coefficient (Wildman–Crippen LogP) is 5.38. The van der Waals surface area contributed by atoms with E-state index in [0.717, 1.165) is 30.9 Å². The van der Waals surface area contributed by atoms with Gasteiger partial charge in [0.2, 0.25) is 5.95 Å². The van der Waals surface area contributed by atoms with Crippen molar-refractivity contribution in [1.82, 2.24) is 9.97 Å². The molecule has 0 saturated carbocycles. The molecule has 0 saturated heterocycles. The normalized spacial score (nSPS) is 12.9. The molecule has 0 unspecified atom stereocenters. The molecule has 1 N–H and O–H groups in total. The first-order valence-electron chi connectivity index (χ1n) is 8.01. The highest BCUT2D eigenvalue weighted by Crippen LogP contribution is 2.32. The van der Waals surface area contributed by atoms with Crippen molar-refractivity contribution >= 4 is 47.1 Å². The Kier molecular flexibility index (Phi) is 5.41. The van der Waals surface area contributed by atoms with E-state index in [0.29, 0.717) is 11.0 Å². The third kappa shape index (κ3) is 3.86. The van der Waals surface area contributed by atoms with E-state index < -0.39 is 0 Å². The van der Waals surface area contributed by atoms with Crippen LogP contribution in [0.15, 0.2) is 60.8 Å². The summed E-state index contributed by atoms with van der Waals surface area (Å²) in [5.41, 5.74) is 3.47. The molecule has 128 valence electrons. The van der Waals surface area contributed by atoms with E-state index in [2.05, 4.69) is 44.5 Å². The monoisotopic (exact) mass is 372 g/mol. The first-order chi connectivity index (χ1) is 11.8. The molecule has 1 aromatic heterocycles. The van der Waals surface area contributed by atoms with Gasteiger partial charge in [-0.3, -0.25) is 0 Å². The van der Waals surface area contributed by atoms with E-state index in [1.807, 2.05) is 30.3 Å². The van der Waals surface area contributed by atoms with Gasteiger partial charge in [0.25, 0.3) is 0 Å². The number of aromatic nitrogens is 2. The zero-order valence-corrected chi connectivity index (χ0v) is 15.1. The molecule has 25 heavy (non-hydrogen) atoms. The standard InChI is InChI=1S/C19H17ClN4.ClH/c20-15-7-3-8-16(13-15)22-19-21-11-10-18(23-19)24-12-4-6-14-5-1-2-9-17(14)24;/h1-3,5,7-11,13H,4,6,12H2,(H,21,22,23);1H. The van der Waals surface area contributed by atoms with Gasteiger partial charge in [-0.1, -0.05) is 35.9 Å². The molecule has 2 aromatic carbocycles. The van der Waals surface area contributed by atoms with Crippen molar-refractivity contribution in [3.05, 3.63) is 71.4 Å². The van der Waals surface area contributed by atoms with Gasteiger partial charge in [-0.05, 0) is 48.7 Å². The number of nitrogens with zero attached hydrogens (tertiary/aromatic N) is 3. The number of fused-ring (bicyclic) bond motifs is 1. The summed E-state index contributed by atoms with van der Waals surface area (Å²) in [6.45, 7) is 0.963. The van der Waals surface area contributed by atoms with Gasteiger partial charge in [0, 0.05) is 29.1 Å². The molecule has 2 heterocycles.